The highest BCUT2D eigenvalue weighted by Gasteiger charge is 2.06. The number of oxime groups is 4. The van der Waals surface area contributed by atoms with Gasteiger partial charge in [0.05, 0.1) is 185 Å². The maximum absolute atomic E-state index is 8.52. The van der Waals surface area contributed by atoms with Crippen molar-refractivity contribution in [1.29, 1.82) is 26.3 Å². The van der Waals surface area contributed by atoms with Gasteiger partial charge in [-0.1, -0.05) is 27.2 Å². The molecular formula is C45H93N15O18. The Bertz CT molecular complexity index is 1580. The Morgan fingerprint density at radius 2 is 0.654 bits per heavy atom. The third kappa shape index (κ3) is 106. The normalized spacial score (nSPS) is 12.6. The summed E-state index contributed by atoms with van der Waals surface area (Å²) in [6, 6.07) is 9.59. The number of nitrogens with two attached hydrogens (primary N) is 6. The molecule has 0 aromatic carbocycles. The van der Waals surface area contributed by atoms with E-state index < -0.39 is 6.10 Å². The van der Waals surface area contributed by atoms with E-state index in [2.05, 4.69) is 39.0 Å². The summed E-state index contributed by atoms with van der Waals surface area (Å²) in [5.74, 6) is 7.54. The molecule has 6 unspecified atom stereocenters. The zero-order valence-electron chi connectivity index (χ0n) is 46.0. The predicted octanol–water partition coefficient (Wildman–Crippen LogP) is -0.0833. The lowest BCUT2D eigenvalue weighted by Crippen LogP contribution is -2.22. The van der Waals surface area contributed by atoms with E-state index in [9.17, 15) is 0 Å². The highest BCUT2D eigenvalue weighted by Crippen LogP contribution is 1.97. The number of ether oxygens (including phenoxy) is 8. The SMILES string of the molecule is C=CC#N.CC(CO)OCC/C(N)=N/O.CC(CO)OCCC#N.CC(COCC/C(N)=N\O)OCC/C(N)=N/O.CC(COCCC#N)OCC/C(N)=N/O.CC(COCCC#N)OCCC#N.CC(O)CO.NO.NO. The second kappa shape index (κ2) is 84.6. The summed E-state index contributed by atoms with van der Waals surface area (Å²) in [6.07, 6.45) is 3.21. The number of nitriles is 5. The number of aliphatic hydroxyl groups excluding tert-OH is 4. The number of nitrogens with zero attached hydrogens (tertiary/aromatic N) is 9. The molecule has 0 aliphatic heterocycles. The van der Waals surface area contributed by atoms with Crippen molar-refractivity contribution in [3.8, 4) is 30.3 Å². The maximum Gasteiger partial charge on any atom is 0.141 e. The molecule has 0 amide bonds. The highest BCUT2D eigenvalue weighted by molar-refractivity contribution is 5.80. The predicted molar refractivity (Wildman–Crippen MR) is 283 cm³/mol. The first-order chi connectivity index (χ1) is 37.3. The van der Waals surface area contributed by atoms with E-state index >= 15 is 0 Å². The van der Waals surface area contributed by atoms with Crippen LogP contribution in [-0.4, -0.2) is 204 Å². The number of hydrogen-bond donors (Lipinski definition) is 16. The molecule has 33 nitrogen and oxygen atoms in total. The lowest BCUT2D eigenvalue weighted by molar-refractivity contribution is -0.00310. The molecule has 0 fully saturated rings. The van der Waals surface area contributed by atoms with Crippen LogP contribution in [-0.2, 0) is 37.9 Å². The molecule has 456 valence electrons. The molecular weight excluding hydrogens is 1040 g/mol. The zero-order valence-corrected chi connectivity index (χ0v) is 46.0. The first-order valence-electron chi connectivity index (χ1n) is 23.5. The van der Waals surface area contributed by atoms with E-state index in [1.165, 1.54) is 13.0 Å². The zero-order chi connectivity index (χ0) is 62.1. The molecule has 22 N–H and O–H groups in total. The highest BCUT2D eigenvalue weighted by atomic mass is 16.5. The lowest BCUT2D eigenvalue weighted by Gasteiger charge is -2.12. The van der Waals surface area contributed by atoms with Gasteiger partial charge < -0.3 is 112 Å². The largest absolute Gasteiger partial charge is 0.409 e. The van der Waals surface area contributed by atoms with Gasteiger partial charge in [-0.25, -0.2) is 11.8 Å². The average molecular weight is 1130 g/mol. The van der Waals surface area contributed by atoms with Crippen LogP contribution in [0.3, 0.4) is 0 Å². The van der Waals surface area contributed by atoms with E-state index in [0.29, 0.717) is 124 Å². The molecule has 0 aliphatic carbocycles. The van der Waals surface area contributed by atoms with Crippen LogP contribution in [0.4, 0.5) is 0 Å². The molecule has 0 aliphatic rings. The van der Waals surface area contributed by atoms with Crippen molar-refractivity contribution in [2.45, 2.75) is 130 Å². The lowest BCUT2D eigenvalue weighted by atomic mass is 10.4. The van der Waals surface area contributed by atoms with Crippen LogP contribution < -0.4 is 34.7 Å². The van der Waals surface area contributed by atoms with Crippen LogP contribution in [0.1, 0.15) is 92.9 Å². The Balaban J connectivity index is -0.000000104. The molecule has 33 heteroatoms. The van der Waals surface area contributed by atoms with Crippen LogP contribution in [0.5, 0.6) is 0 Å². The third-order valence-electron chi connectivity index (χ3n) is 7.17. The third-order valence-corrected chi connectivity index (χ3v) is 7.17. The summed E-state index contributed by atoms with van der Waals surface area (Å²) in [5, 5.41) is 130. The van der Waals surface area contributed by atoms with Crippen molar-refractivity contribution in [2.75, 3.05) is 92.5 Å². The summed E-state index contributed by atoms with van der Waals surface area (Å²) >= 11 is 0. The minimum absolute atomic E-state index is 0.00737. The molecule has 0 spiro atoms. The van der Waals surface area contributed by atoms with Gasteiger partial charge in [0.15, 0.2) is 0 Å². The molecule has 6 atom stereocenters. The number of amidine groups is 4. The van der Waals surface area contributed by atoms with Gasteiger partial charge in [0.1, 0.15) is 23.3 Å². The fourth-order valence-corrected chi connectivity index (χ4v) is 3.32. The van der Waals surface area contributed by atoms with Gasteiger partial charge in [-0.15, -0.1) is 0 Å². The van der Waals surface area contributed by atoms with Gasteiger partial charge in [0.2, 0.25) is 0 Å². The van der Waals surface area contributed by atoms with E-state index in [-0.39, 0.29) is 73.7 Å². The summed E-state index contributed by atoms with van der Waals surface area (Å²) < 4.78 is 41.4. The Labute approximate surface area is 458 Å². The molecule has 0 bridgehead atoms. The first kappa shape index (κ1) is 91.1. The molecule has 0 aromatic heterocycles. The second-order valence-electron chi connectivity index (χ2n) is 14.4. The standard InChI is InChI=1S/C9H20N4O4.C9H17N3O3.C9H14N2O2.C6H14N2O3.C6H11NO2.C3H3N.C3H8O2.2H3NO/c1-7(17-5-3-9(11)13-15)6-16-4-2-8(10)12-14;1-8(7-14-5-2-4-10)15-6-3-9(11)12-13;1-9(13-7-3-5-11)8-12-6-2-4-10;1-5(4-9)11-3-2-6(7)8-10;1-6(5-8)9-4-2-3-7;1-2-3-4;1-3(5)2-4;2*1-2/h7,14-15H,2-6H2,1H3,(H2,10,12)(H2,11,13);8,13H,2-3,5-7H2,1H3,(H2,11,12);9H,2-3,6-8H2,1H3;5,9-10H,2-4H2,1H3,(H2,7,8);6,8H,2,4-5H2,1H3;2H,1H2;3-5H,2H2,1H3;2*2H,1H2. The van der Waals surface area contributed by atoms with Crippen molar-refractivity contribution in [3.63, 3.8) is 0 Å². The Kier molecular flexibility index (Phi) is 98.8. The summed E-state index contributed by atoms with van der Waals surface area (Å²) in [7, 11) is 0. The van der Waals surface area contributed by atoms with Crippen molar-refractivity contribution in [3.05, 3.63) is 12.7 Å². The maximum atomic E-state index is 8.52. The summed E-state index contributed by atoms with van der Waals surface area (Å²) in [5.41, 5.74) is 20.9. The molecule has 78 heavy (non-hydrogen) atoms. The van der Waals surface area contributed by atoms with Crippen molar-refractivity contribution < 1.29 is 89.6 Å². The molecule has 0 radical (unpaired) electrons. The van der Waals surface area contributed by atoms with Crippen LogP contribution in [0, 0.1) is 56.7 Å². The van der Waals surface area contributed by atoms with Crippen LogP contribution in [0.2, 0.25) is 0 Å². The van der Waals surface area contributed by atoms with Crippen LogP contribution in [0.15, 0.2) is 33.3 Å². The molecule has 0 aromatic rings. The molecule has 0 saturated heterocycles. The van der Waals surface area contributed by atoms with Crippen LogP contribution >= 0.6 is 0 Å². The van der Waals surface area contributed by atoms with Gasteiger partial charge in [0.25, 0.3) is 0 Å². The Morgan fingerprint density at radius 1 is 0.436 bits per heavy atom. The number of rotatable bonds is 34. The number of aliphatic hydroxyl groups is 4. The van der Waals surface area contributed by atoms with E-state index in [1.54, 1.807) is 19.9 Å². The van der Waals surface area contributed by atoms with Crippen LogP contribution in [0.25, 0.3) is 0 Å². The topological polar surface area (TPSA) is 601 Å². The number of hydrogen-bond acceptors (Lipinski definition) is 29. The second-order valence-corrected chi connectivity index (χ2v) is 14.4. The van der Waals surface area contributed by atoms with E-state index in [0.717, 1.165) is 0 Å². The van der Waals surface area contributed by atoms with Crippen molar-refractivity contribution in [1.82, 2.24) is 0 Å². The van der Waals surface area contributed by atoms with Crippen molar-refractivity contribution >= 4 is 23.3 Å². The minimum atomic E-state index is -0.560. The van der Waals surface area contributed by atoms with Gasteiger partial charge in [-0.05, 0) is 41.5 Å². The van der Waals surface area contributed by atoms with Gasteiger partial charge in [0, 0.05) is 31.8 Å². The fraction of sp³-hybridized carbons (Fsp3) is 0.756. The monoisotopic (exact) mass is 1130 g/mol. The van der Waals surface area contributed by atoms with Gasteiger partial charge in [-0.2, -0.15) is 26.3 Å². The average Bonchev–Trinajstić information content (AvgIpc) is 3.45. The Morgan fingerprint density at radius 3 is 0.885 bits per heavy atom. The molecule has 0 rings (SSSR count). The quantitative estimate of drug-likeness (QED) is 0.0100. The van der Waals surface area contributed by atoms with E-state index in [1.807, 2.05) is 45.0 Å². The Hall–Kier alpha value is -6.37. The van der Waals surface area contributed by atoms with Crippen molar-refractivity contribution in [2.24, 2.45) is 55.4 Å². The summed E-state index contributed by atoms with van der Waals surface area (Å²) in [6.45, 7) is 18.1. The smallest absolute Gasteiger partial charge is 0.141 e. The van der Waals surface area contributed by atoms with Gasteiger partial charge in [-0.3, -0.25) is 0 Å². The number of allylic oxidation sites excluding steroid dienone is 1. The molecule has 0 saturated carbocycles. The first-order valence-corrected chi connectivity index (χ1v) is 23.5. The fourth-order valence-electron chi connectivity index (χ4n) is 3.32. The minimum Gasteiger partial charge on any atom is -0.409 e. The molecule has 0 heterocycles. The van der Waals surface area contributed by atoms with E-state index in [4.69, 9.17) is 139 Å². The summed E-state index contributed by atoms with van der Waals surface area (Å²) in [4.78, 5) is 0. The van der Waals surface area contributed by atoms with Gasteiger partial charge >= 0.3 is 0 Å².